The Morgan fingerprint density at radius 2 is 1.76 bits per heavy atom. The molecule has 6 heteroatoms. The molecule has 0 spiro atoms. The summed E-state index contributed by atoms with van der Waals surface area (Å²) in [4.78, 5) is 24.2. The van der Waals surface area contributed by atoms with Gasteiger partial charge in [-0.15, -0.1) is 0 Å². The maximum absolute atomic E-state index is 12.4. The first kappa shape index (κ1) is 24.2. The van der Waals surface area contributed by atoms with Gasteiger partial charge in [-0.05, 0) is 55.7 Å². The minimum Gasteiger partial charge on any atom is -0.469 e. The highest BCUT2D eigenvalue weighted by Gasteiger charge is 2.20. The Labute approximate surface area is 195 Å². The van der Waals surface area contributed by atoms with E-state index in [1.807, 2.05) is 42.6 Å². The Morgan fingerprint density at radius 1 is 1.00 bits per heavy atom. The molecule has 1 aromatic heterocycles. The summed E-state index contributed by atoms with van der Waals surface area (Å²) in [5.74, 6) is -0.599. The van der Waals surface area contributed by atoms with Crippen molar-refractivity contribution in [3.63, 3.8) is 0 Å². The number of aryl methyl sites for hydroxylation is 2. The van der Waals surface area contributed by atoms with Crippen molar-refractivity contribution in [2.24, 2.45) is 5.92 Å². The second kappa shape index (κ2) is 12.6. The summed E-state index contributed by atoms with van der Waals surface area (Å²) in [7, 11) is 1.46. The number of hydrogen-bond acceptors (Lipinski definition) is 5. The number of esters is 2. The topological polar surface area (TPSA) is 70.4 Å². The second-order valence-electron chi connectivity index (χ2n) is 8.03. The number of ether oxygens (including phenoxy) is 2. The minimum absolute atomic E-state index is 0.0852. The molecule has 0 N–H and O–H groups in total. The highest BCUT2D eigenvalue weighted by atomic mass is 16.5. The first-order valence-corrected chi connectivity index (χ1v) is 11.5. The number of rotatable bonds is 12. The quantitative estimate of drug-likeness (QED) is 0.370. The molecule has 0 radical (unpaired) electrons. The average Bonchev–Trinajstić information content (AvgIpc) is 3.30. The van der Waals surface area contributed by atoms with Crippen molar-refractivity contribution < 1.29 is 19.1 Å². The van der Waals surface area contributed by atoms with Crippen molar-refractivity contribution in [1.82, 2.24) is 9.78 Å². The van der Waals surface area contributed by atoms with Crippen LogP contribution in [0.3, 0.4) is 0 Å². The molecule has 1 atom stereocenters. The molecule has 1 unspecified atom stereocenters. The normalized spacial score (nSPS) is 11.7. The summed E-state index contributed by atoms with van der Waals surface area (Å²) in [6.45, 7) is 2.22. The van der Waals surface area contributed by atoms with Crippen molar-refractivity contribution in [2.45, 2.75) is 45.6 Å². The third kappa shape index (κ3) is 7.31. The lowest BCUT2D eigenvalue weighted by Crippen LogP contribution is -2.17. The molecule has 0 fully saturated rings. The molecule has 0 aliphatic carbocycles. The lowest BCUT2D eigenvalue weighted by Gasteiger charge is -2.16. The van der Waals surface area contributed by atoms with Gasteiger partial charge >= 0.3 is 11.9 Å². The number of benzene rings is 2. The lowest BCUT2D eigenvalue weighted by atomic mass is 9.91. The molecule has 0 aliphatic rings. The largest absolute Gasteiger partial charge is 0.469 e. The van der Waals surface area contributed by atoms with Gasteiger partial charge in [0.15, 0.2) is 0 Å². The van der Waals surface area contributed by atoms with E-state index in [0.29, 0.717) is 6.61 Å². The van der Waals surface area contributed by atoms with Gasteiger partial charge in [0.2, 0.25) is 0 Å². The standard InChI is InChI=1S/C27H32N2O4/c1-3-33-26(30)20-29-19-24(18-28-29)25-15-8-7-13-22(25)16-17-23(27(31)32-2)14-9-12-21-10-5-4-6-11-21/h4-8,10-11,13,15,18-19,23H,3,9,12,14,16-17,20H2,1-2H3. The molecule has 0 amide bonds. The summed E-state index contributed by atoms with van der Waals surface area (Å²) >= 11 is 0. The number of methoxy groups -OCH3 is 1. The van der Waals surface area contributed by atoms with Crippen LogP contribution in [-0.4, -0.2) is 35.4 Å². The van der Waals surface area contributed by atoms with Crippen molar-refractivity contribution in [2.75, 3.05) is 13.7 Å². The van der Waals surface area contributed by atoms with Gasteiger partial charge in [-0.1, -0.05) is 54.6 Å². The van der Waals surface area contributed by atoms with Crippen LogP contribution in [0, 0.1) is 5.92 Å². The van der Waals surface area contributed by atoms with E-state index in [2.05, 4.69) is 23.3 Å². The second-order valence-corrected chi connectivity index (χ2v) is 8.03. The predicted molar refractivity (Wildman–Crippen MR) is 128 cm³/mol. The zero-order valence-corrected chi connectivity index (χ0v) is 19.4. The maximum Gasteiger partial charge on any atom is 0.327 e. The van der Waals surface area contributed by atoms with Gasteiger partial charge < -0.3 is 9.47 Å². The summed E-state index contributed by atoms with van der Waals surface area (Å²) in [5.41, 5.74) is 4.42. The van der Waals surface area contributed by atoms with Crippen LogP contribution in [0.25, 0.3) is 11.1 Å². The highest BCUT2D eigenvalue weighted by molar-refractivity contribution is 5.72. The summed E-state index contributed by atoms with van der Waals surface area (Å²) in [5, 5.41) is 4.30. The molecule has 1 heterocycles. The molecule has 0 saturated heterocycles. The molecule has 0 aliphatic heterocycles. The monoisotopic (exact) mass is 448 g/mol. The van der Waals surface area contributed by atoms with Crippen molar-refractivity contribution in [3.8, 4) is 11.1 Å². The van der Waals surface area contributed by atoms with Crippen LogP contribution in [-0.2, 0) is 38.4 Å². The van der Waals surface area contributed by atoms with Crippen LogP contribution in [0.15, 0.2) is 67.0 Å². The third-order valence-corrected chi connectivity index (χ3v) is 5.72. The van der Waals surface area contributed by atoms with Crippen LogP contribution >= 0.6 is 0 Å². The molecule has 0 bridgehead atoms. The molecule has 0 saturated carbocycles. The van der Waals surface area contributed by atoms with Gasteiger partial charge in [-0.3, -0.25) is 14.3 Å². The zero-order chi connectivity index (χ0) is 23.5. The average molecular weight is 449 g/mol. The van der Waals surface area contributed by atoms with E-state index in [1.54, 1.807) is 17.8 Å². The highest BCUT2D eigenvalue weighted by Crippen LogP contribution is 2.26. The number of carbonyl (C=O) groups is 2. The Kier molecular flexibility index (Phi) is 9.24. The smallest absolute Gasteiger partial charge is 0.327 e. The molecule has 3 rings (SSSR count). The first-order valence-electron chi connectivity index (χ1n) is 11.5. The van der Waals surface area contributed by atoms with Gasteiger partial charge in [-0.2, -0.15) is 5.10 Å². The maximum atomic E-state index is 12.4. The molecule has 3 aromatic rings. The number of hydrogen-bond donors (Lipinski definition) is 0. The molecule has 2 aromatic carbocycles. The third-order valence-electron chi connectivity index (χ3n) is 5.72. The van der Waals surface area contributed by atoms with Crippen molar-refractivity contribution in [1.29, 1.82) is 0 Å². The van der Waals surface area contributed by atoms with E-state index in [-0.39, 0.29) is 24.4 Å². The Hall–Kier alpha value is -3.41. The van der Waals surface area contributed by atoms with Crippen LogP contribution in [0.1, 0.15) is 37.3 Å². The number of carbonyl (C=O) groups excluding carboxylic acids is 2. The lowest BCUT2D eigenvalue weighted by molar-refractivity contribution is -0.146. The van der Waals surface area contributed by atoms with Gasteiger partial charge in [0.1, 0.15) is 6.54 Å². The number of nitrogens with zero attached hydrogens (tertiary/aromatic N) is 2. The van der Waals surface area contributed by atoms with E-state index in [9.17, 15) is 9.59 Å². The Bertz CT molecular complexity index is 1030. The van der Waals surface area contributed by atoms with Crippen LogP contribution in [0.4, 0.5) is 0 Å². The fraction of sp³-hybridized carbons (Fsp3) is 0.370. The van der Waals surface area contributed by atoms with E-state index in [4.69, 9.17) is 9.47 Å². The van der Waals surface area contributed by atoms with Gasteiger partial charge in [0, 0.05) is 11.8 Å². The number of aromatic nitrogens is 2. The van der Waals surface area contributed by atoms with Crippen LogP contribution in [0.5, 0.6) is 0 Å². The van der Waals surface area contributed by atoms with Crippen molar-refractivity contribution >= 4 is 11.9 Å². The van der Waals surface area contributed by atoms with Gasteiger partial charge in [0.25, 0.3) is 0 Å². The fourth-order valence-corrected chi connectivity index (χ4v) is 4.02. The van der Waals surface area contributed by atoms with E-state index in [1.165, 1.54) is 12.7 Å². The summed E-state index contributed by atoms with van der Waals surface area (Å²) in [6, 6.07) is 18.4. The van der Waals surface area contributed by atoms with Crippen LogP contribution in [0.2, 0.25) is 0 Å². The molecular formula is C27H32N2O4. The SMILES string of the molecule is CCOC(=O)Cn1cc(-c2ccccc2CCC(CCCc2ccccc2)C(=O)OC)cn1. The van der Waals surface area contributed by atoms with Gasteiger partial charge in [0.05, 0.1) is 25.8 Å². The first-order chi connectivity index (χ1) is 16.1. The molecule has 174 valence electrons. The Morgan fingerprint density at radius 3 is 2.52 bits per heavy atom. The minimum atomic E-state index is -0.308. The molecule has 6 nitrogen and oxygen atoms in total. The fourth-order valence-electron chi connectivity index (χ4n) is 4.02. The molecular weight excluding hydrogens is 416 g/mol. The van der Waals surface area contributed by atoms with Crippen LogP contribution < -0.4 is 0 Å². The molecule has 33 heavy (non-hydrogen) atoms. The summed E-state index contributed by atoms with van der Waals surface area (Å²) in [6.07, 6.45) is 7.76. The van der Waals surface area contributed by atoms with E-state index >= 15 is 0 Å². The van der Waals surface area contributed by atoms with Crippen molar-refractivity contribution in [3.05, 3.63) is 78.1 Å². The van der Waals surface area contributed by atoms with E-state index in [0.717, 1.165) is 48.8 Å². The van der Waals surface area contributed by atoms with E-state index < -0.39 is 0 Å². The summed E-state index contributed by atoms with van der Waals surface area (Å²) < 4.78 is 11.7. The Balaban J connectivity index is 1.64. The zero-order valence-electron chi connectivity index (χ0n) is 19.4. The van der Waals surface area contributed by atoms with Gasteiger partial charge in [-0.25, -0.2) is 0 Å². The predicted octanol–water partition coefficient (Wildman–Crippen LogP) is 4.86.